The third-order valence-corrected chi connectivity index (χ3v) is 3.51. The molecule has 104 valence electrons. The molecule has 0 unspecified atom stereocenters. The lowest BCUT2D eigenvalue weighted by atomic mass is 10.3. The smallest absolute Gasteiger partial charge is 0.295 e. The van der Waals surface area contributed by atoms with E-state index in [1.54, 1.807) is 12.1 Å². The molecule has 1 aromatic heterocycles. The van der Waals surface area contributed by atoms with Gasteiger partial charge in [-0.25, -0.2) is 4.98 Å². The molecule has 0 aliphatic rings. The number of aromatic amines is 1. The summed E-state index contributed by atoms with van der Waals surface area (Å²) in [6.45, 7) is 0. The minimum atomic E-state index is -0.611. The van der Waals surface area contributed by atoms with Gasteiger partial charge in [-0.05, 0) is 46.3 Å². The number of methoxy groups -OCH3 is 1. The fraction of sp³-hybridized carbons (Fsp3) is 0.0833. The number of ether oxygens (including phenoxy) is 1. The highest BCUT2D eigenvalue weighted by atomic mass is 127. The number of benzene rings is 1. The number of amides is 1. The van der Waals surface area contributed by atoms with Crippen molar-refractivity contribution in [2.75, 3.05) is 12.4 Å². The molecule has 8 heteroatoms. The number of aromatic nitrogens is 2. The van der Waals surface area contributed by atoms with Gasteiger partial charge in [-0.3, -0.25) is 14.6 Å². The Kier molecular flexibility index (Phi) is 4.61. The first-order valence-electron chi connectivity index (χ1n) is 5.42. The number of para-hydroxylation sites is 1. The second-order valence-electron chi connectivity index (χ2n) is 3.67. The van der Waals surface area contributed by atoms with Gasteiger partial charge in [0, 0.05) is 3.57 Å². The molecular weight excluding hydrogens is 397 g/mol. The molecule has 0 bridgehead atoms. The van der Waals surface area contributed by atoms with Crippen LogP contribution in [0, 0.1) is 3.57 Å². The molecule has 2 rings (SSSR count). The highest BCUT2D eigenvalue weighted by Gasteiger charge is 2.19. The van der Waals surface area contributed by atoms with E-state index in [9.17, 15) is 9.59 Å². The van der Waals surface area contributed by atoms with Gasteiger partial charge in [0.1, 0.15) is 0 Å². The fourth-order valence-corrected chi connectivity index (χ4v) is 2.21. The molecule has 1 aromatic carbocycles. The molecule has 1 heterocycles. The van der Waals surface area contributed by atoms with Crippen LogP contribution in [0.4, 0.5) is 5.69 Å². The zero-order valence-electron chi connectivity index (χ0n) is 10.2. The summed E-state index contributed by atoms with van der Waals surface area (Å²) in [6, 6.07) is 7.21. The van der Waals surface area contributed by atoms with Crippen LogP contribution >= 0.6 is 34.2 Å². The van der Waals surface area contributed by atoms with E-state index in [2.05, 4.69) is 37.9 Å². The van der Waals surface area contributed by atoms with E-state index in [1.165, 1.54) is 7.11 Å². The minimum absolute atomic E-state index is 0.166. The van der Waals surface area contributed by atoms with Crippen molar-refractivity contribution in [3.63, 3.8) is 0 Å². The Morgan fingerprint density at radius 2 is 2.15 bits per heavy atom. The number of rotatable bonds is 3. The molecule has 0 saturated heterocycles. The van der Waals surface area contributed by atoms with Crippen molar-refractivity contribution in [1.82, 2.24) is 9.97 Å². The molecule has 0 atom stereocenters. The maximum atomic E-state index is 12.2. The first kappa shape index (κ1) is 14.8. The van der Waals surface area contributed by atoms with Crippen molar-refractivity contribution in [3.05, 3.63) is 49.2 Å². The molecule has 0 radical (unpaired) electrons. The van der Waals surface area contributed by atoms with Crippen molar-refractivity contribution in [2.45, 2.75) is 0 Å². The summed E-state index contributed by atoms with van der Waals surface area (Å²) in [5, 5.41) is 2.48. The molecular formula is C12H9ClIN3O3. The number of hydrogen-bond donors (Lipinski definition) is 2. The molecule has 20 heavy (non-hydrogen) atoms. The first-order chi connectivity index (χ1) is 9.52. The maximum Gasteiger partial charge on any atom is 0.295 e. The monoisotopic (exact) mass is 405 g/mol. The second kappa shape index (κ2) is 6.23. The lowest BCUT2D eigenvalue weighted by Crippen LogP contribution is -2.22. The van der Waals surface area contributed by atoms with Crippen molar-refractivity contribution < 1.29 is 9.53 Å². The summed E-state index contributed by atoms with van der Waals surface area (Å²) in [7, 11) is 1.28. The van der Waals surface area contributed by atoms with Gasteiger partial charge in [0.2, 0.25) is 11.0 Å². The van der Waals surface area contributed by atoms with Gasteiger partial charge in [-0.2, -0.15) is 0 Å². The van der Waals surface area contributed by atoms with Crippen LogP contribution in [-0.2, 0) is 0 Å². The van der Waals surface area contributed by atoms with E-state index in [0.29, 0.717) is 5.69 Å². The summed E-state index contributed by atoms with van der Waals surface area (Å²) in [6.07, 6.45) is 0. The van der Waals surface area contributed by atoms with Crippen molar-refractivity contribution >= 4 is 45.8 Å². The van der Waals surface area contributed by atoms with Crippen LogP contribution in [0.5, 0.6) is 5.75 Å². The number of carbonyl (C=O) groups excluding carboxylic acids is 1. The van der Waals surface area contributed by atoms with Crippen molar-refractivity contribution in [2.24, 2.45) is 0 Å². The van der Waals surface area contributed by atoms with Gasteiger partial charge in [0.25, 0.3) is 11.5 Å². The van der Waals surface area contributed by atoms with E-state index < -0.39 is 11.5 Å². The number of halogens is 2. The Hall–Kier alpha value is -1.61. The van der Waals surface area contributed by atoms with Gasteiger partial charge in [0.15, 0.2) is 5.69 Å². The third-order valence-electron chi connectivity index (χ3n) is 2.39. The largest absolute Gasteiger partial charge is 0.489 e. The molecule has 2 N–H and O–H groups in total. The highest BCUT2D eigenvalue weighted by molar-refractivity contribution is 14.1. The Morgan fingerprint density at radius 1 is 1.45 bits per heavy atom. The molecule has 2 aromatic rings. The van der Waals surface area contributed by atoms with E-state index >= 15 is 0 Å². The van der Waals surface area contributed by atoms with E-state index in [0.717, 1.165) is 3.57 Å². The second-order valence-corrected chi connectivity index (χ2v) is 5.19. The quantitative estimate of drug-likeness (QED) is 0.606. The zero-order valence-corrected chi connectivity index (χ0v) is 13.2. The summed E-state index contributed by atoms with van der Waals surface area (Å²) in [5.41, 5.74) is -0.167. The Labute approximate surface area is 132 Å². The van der Waals surface area contributed by atoms with Gasteiger partial charge in [0.05, 0.1) is 12.8 Å². The lowest BCUT2D eigenvalue weighted by Gasteiger charge is -2.09. The summed E-state index contributed by atoms with van der Waals surface area (Å²) in [4.78, 5) is 29.9. The summed E-state index contributed by atoms with van der Waals surface area (Å²) < 4.78 is 5.75. The van der Waals surface area contributed by atoms with Crippen LogP contribution < -0.4 is 15.6 Å². The summed E-state index contributed by atoms with van der Waals surface area (Å²) >= 11 is 7.74. The van der Waals surface area contributed by atoms with Gasteiger partial charge >= 0.3 is 0 Å². The van der Waals surface area contributed by atoms with Crippen molar-refractivity contribution in [1.29, 1.82) is 0 Å². The molecule has 6 nitrogen and oxygen atoms in total. The molecule has 1 amide bonds. The Balaban J connectivity index is 2.40. The van der Waals surface area contributed by atoms with Crippen LogP contribution in [0.15, 0.2) is 29.1 Å². The molecule has 0 fully saturated rings. The SMILES string of the molecule is COc1c(C(=O)Nc2ccccc2I)nc(Cl)[nH]c1=O. The van der Waals surface area contributed by atoms with Crippen LogP contribution in [0.3, 0.4) is 0 Å². The van der Waals surface area contributed by atoms with Crippen LogP contribution in [0.25, 0.3) is 0 Å². The minimum Gasteiger partial charge on any atom is -0.489 e. The van der Waals surface area contributed by atoms with Crippen LogP contribution in [-0.4, -0.2) is 23.0 Å². The average Bonchev–Trinajstić information content (AvgIpc) is 2.40. The normalized spacial score (nSPS) is 10.2. The standard InChI is InChI=1S/C12H9ClIN3O3/c1-20-9-8(16-12(13)17-11(9)19)10(18)15-7-5-3-2-4-6(7)14/h2-5H,1H3,(H,15,18)(H,16,17,19). The lowest BCUT2D eigenvalue weighted by molar-refractivity contribution is 0.101. The van der Waals surface area contributed by atoms with E-state index in [-0.39, 0.29) is 16.7 Å². The molecule has 0 spiro atoms. The van der Waals surface area contributed by atoms with Gasteiger partial charge < -0.3 is 10.1 Å². The number of carbonyl (C=O) groups is 1. The van der Waals surface area contributed by atoms with Crippen LogP contribution in [0.2, 0.25) is 5.28 Å². The van der Waals surface area contributed by atoms with E-state index in [4.69, 9.17) is 16.3 Å². The number of anilines is 1. The first-order valence-corrected chi connectivity index (χ1v) is 6.88. The maximum absolute atomic E-state index is 12.2. The highest BCUT2D eigenvalue weighted by Crippen LogP contribution is 2.19. The average molecular weight is 406 g/mol. The topological polar surface area (TPSA) is 84.1 Å². The third kappa shape index (κ3) is 3.10. The van der Waals surface area contributed by atoms with Gasteiger partial charge in [-0.15, -0.1) is 0 Å². The Bertz CT molecular complexity index is 717. The van der Waals surface area contributed by atoms with Crippen molar-refractivity contribution in [3.8, 4) is 5.75 Å². The predicted octanol–water partition coefficient (Wildman–Crippen LogP) is 2.29. The molecule has 0 aliphatic heterocycles. The van der Waals surface area contributed by atoms with Crippen LogP contribution in [0.1, 0.15) is 10.5 Å². The number of nitrogens with one attached hydrogen (secondary N) is 2. The van der Waals surface area contributed by atoms with E-state index in [1.807, 2.05) is 12.1 Å². The summed E-state index contributed by atoms with van der Waals surface area (Å²) in [5.74, 6) is -0.753. The molecule has 0 saturated carbocycles. The Morgan fingerprint density at radius 3 is 2.80 bits per heavy atom. The predicted molar refractivity (Wildman–Crippen MR) is 83.5 cm³/mol. The molecule has 0 aliphatic carbocycles. The zero-order chi connectivity index (χ0) is 14.7. The number of hydrogen-bond acceptors (Lipinski definition) is 4. The number of nitrogens with zero attached hydrogens (tertiary/aromatic N) is 1. The number of H-pyrrole nitrogens is 1. The van der Waals surface area contributed by atoms with Gasteiger partial charge in [-0.1, -0.05) is 12.1 Å². The fourth-order valence-electron chi connectivity index (χ4n) is 1.52.